The normalized spacial score (nSPS) is 29.3. The molecule has 0 saturated carbocycles. The van der Waals surface area contributed by atoms with Gasteiger partial charge >= 0.3 is 0 Å². The minimum Gasteiger partial charge on any atom is -0.394 e. The molecule has 0 radical (unpaired) electrons. The summed E-state index contributed by atoms with van der Waals surface area (Å²) in [5.74, 6) is -0.309. The first-order chi connectivity index (χ1) is 42.8. The molecule has 0 aromatic carbocycles. The molecule has 17 atom stereocenters. The van der Waals surface area contributed by atoms with E-state index in [-0.39, 0.29) is 18.9 Å². The molecule has 3 rings (SSSR count). The van der Waals surface area contributed by atoms with Crippen molar-refractivity contribution in [2.75, 3.05) is 26.4 Å². The maximum absolute atomic E-state index is 13.3. The molecule has 0 bridgehead atoms. The minimum absolute atomic E-state index is 0.212. The van der Waals surface area contributed by atoms with Crippen molar-refractivity contribution in [3.63, 3.8) is 0 Å². The van der Waals surface area contributed by atoms with Crippen LogP contribution >= 0.6 is 0 Å². The minimum atomic E-state index is -1.99. The molecule has 17 unspecified atom stereocenters. The molecule has 3 heterocycles. The van der Waals surface area contributed by atoms with Crippen molar-refractivity contribution in [2.45, 2.75) is 266 Å². The number of rotatable bonds is 46. The van der Waals surface area contributed by atoms with E-state index in [1.807, 2.05) is 0 Å². The lowest BCUT2D eigenvalue weighted by molar-refractivity contribution is -0.379. The topological polar surface area (TPSA) is 307 Å². The Balaban J connectivity index is 1.38. The molecule has 3 fully saturated rings. The van der Waals surface area contributed by atoms with Gasteiger partial charge in [0.25, 0.3) is 0 Å². The molecule has 88 heavy (non-hydrogen) atoms. The summed E-state index contributed by atoms with van der Waals surface area (Å²) in [5, 5.41) is 120. The van der Waals surface area contributed by atoms with Gasteiger partial charge in [-0.25, -0.2) is 0 Å². The lowest BCUT2D eigenvalue weighted by Crippen LogP contribution is -2.66. The van der Waals surface area contributed by atoms with Gasteiger partial charge in [0.15, 0.2) is 18.9 Å². The molecule has 0 spiro atoms. The Kier molecular flexibility index (Phi) is 44.1. The van der Waals surface area contributed by atoms with E-state index < -0.39 is 124 Å². The Labute approximate surface area is 524 Å². The number of nitrogens with one attached hydrogen (secondary N) is 1. The molecule has 500 valence electrons. The van der Waals surface area contributed by atoms with Crippen LogP contribution in [0.2, 0.25) is 0 Å². The third-order valence-electron chi connectivity index (χ3n) is 15.2. The van der Waals surface area contributed by atoms with Gasteiger partial charge in [0.05, 0.1) is 38.6 Å². The van der Waals surface area contributed by atoms with Crippen molar-refractivity contribution in [3.05, 3.63) is 134 Å². The third kappa shape index (κ3) is 31.8. The summed E-state index contributed by atoms with van der Waals surface area (Å²) < 4.78 is 34.2. The van der Waals surface area contributed by atoms with E-state index in [0.717, 1.165) is 122 Å². The number of aliphatic hydroxyl groups excluding tert-OH is 11. The fourth-order valence-corrected chi connectivity index (χ4v) is 9.95. The molecule has 12 N–H and O–H groups in total. The number of hydrogen-bond acceptors (Lipinski definition) is 18. The van der Waals surface area contributed by atoms with E-state index in [9.17, 15) is 61.0 Å². The van der Waals surface area contributed by atoms with Crippen LogP contribution in [0.15, 0.2) is 134 Å². The van der Waals surface area contributed by atoms with Crippen LogP contribution in [-0.2, 0) is 33.2 Å². The van der Waals surface area contributed by atoms with Gasteiger partial charge in [-0.3, -0.25) is 4.79 Å². The average molecular weight is 1240 g/mol. The second-order valence-corrected chi connectivity index (χ2v) is 22.4. The summed E-state index contributed by atoms with van der Waals surface area (Å²) in [4.78, 5) is 13.3. The number of ether oxygens (including phenoxy) is 6. The number of carbonyl (C=O) groups excluding carboxylic acids is 1. The fourth-order valence-electron chi connectivity index (χ4n) is 9.95. The largest absolute Gasteiger partial charge is 0.394 e. The maximum Gasteiger partial charge on any atom is 0.220 e. The predicted molar refractivity (Wildman–Crippen MR) is 341 cm³/mol. The zero-order valence-corrected chi connectivity index (χ0v) is 52.4. The quantitative estimate of drug-likeness (QED) is 0.0208. The van der Waals surface area contributed by atoms with E-state index >= 15 is 0 Å². The van der Waals surface area contributed by atoms with E-state index in [4.69, 9.17) is 28.4 Å². The first kappa shape index (κ1) is 78.2. The molecule has 3 aliphatic heterocycles. The van der Waals surface area contributed by atoms with E-state index in [0.29, 0.717) is 12.8 Å². The summed E-state index contributed by atoms with van der Waals surface area (Å²) in [6.45, 7) is 1.41. The van der Waals surface area contributed by atoms with Crippen LogP contribution in [-0.4, -0.2) is 193 Å². The lowest BCUT2D eigenvalue weighted by Gasteiger charge is -2.48. The monoisotopic (exact) mass is 1240 g/mol. The molecule has 1 amide bonds. The molecular weight excluding hydrogens is 1130 g/mol. The van der Waals surface area contributed by atoms with Crippen molar-refractivity contribution in [2.24, 2.45) is 0 Å². The number of carbonyl (C=O) groups is 1. The van der Waals surface area contributed by atoms with E-state index in [1.165, 1.54) is 6.42 Å². The van der Waals surface area contributed by atoms with Crippen LogP contribution in [0, 0.1) is 0 Å². The highest BCUT2D eigenvalue weighted by Crippen LogP contribution is 2.33. The number of aliphatic hydroxyl groups is 11. The van der Waals surface area contributed by atoms with Gasteiger partial charge < -0.3 is 89.9 Å². The lowest BCUT2D eigenvalue weighted by atomic mass is 9.96. The number of unbranched alkanes of at least 4 members (excludes halogenated alkanes) is 10. The van der Waals surface area contributed by atoms with Crippen LogP contribution in [0.25, 0.3) is 0 Å². The van der Waals surface area contributed by atoms with Gasteiger partial charge in [0, 0.05) is 6.42 Å². The Hall–Kier alpha value is -4.07. The summed E-state index contributed by atoms with van der Waals surface area (Å²) >= 11 is 0. The third-order valence-corrected chi connectivity index (χ3v) is 15.2. The van der Waals surface area contributed by atoms with Gasteiger partial charge in [0.1, 0.15) is 73.2 Å². The molecule has 0 aliphatic carbocycles. The molecule has 19 heteroatoms. The number of amides is 1. The number of hydrogen-bond donors (Lipinski definition) is 12. The maximum atomic E-state index is 13.3. The van der Waals surface area contributed by atoms with Crippen molar-refractivity contribution >= 4 is 5.91 Å². The molecule has 0 aromatic rings. The first-order valence-corrected chi connectivity index (χ1v) is 32.4. The van der Waals surface area contributed by atoms with E-state index in [1.54, 1.807) is 12.2 Å². The second kappa shape index (κ2) is 49.6. The first-order valence-electron chi connectivity index (χ1n) is 32.4. The summed E-state index contributed by atoms with van der Waals surface area (Å²) in [6.07, 6.45) is 41.8. The Morgan fingerprint density at radius 2 is 0.761 bits per heavy atom. The zero-order chi connectivity index (χ0) is 64.0. The van der Waals surface area contributed by atoms with Crippen LogP contribution in [0.4, 0.5) is 0 Å². The van der Waals surface area contributed by atoms with Crippen molar-refractivity contribution in [3.8, 4) is 0 Å². The van der Waals surface area contributed by atoms with Crippen LogP contribution < -0.4 is 5.32 Å². The van der Waals surface area contributed by atoms with Crippen LogP contribution in [0.5, 0.6) is 0 Å². The standard InChI is InChI=1S/C69H111NO18/c1-3-5-7-9-11-13-15-16-17-18-19-20-21-22-23-24-25-26-27-28-29-30-31-32-33-34-35-36-37-39-41-43-45-47-57(75)70-52(53(74)46-44-42-40-38-14-12-10-8-6-4-2)51-83-67-63(81)60(78)65(55(49-72)85-67)88-69-64(82)61(79)66(56(50-73)86-69)87-68-62(80)59(77)58(76)54(48-71)84-68/h5-8,11,13-14,16-17,19-20,22-23,25-26,28-29,31-32,38,44,46,52-56,58-69,71-74,76-82H,3-4,9-10,12,15,18,21,24,27,30,33-37,39-43,45,47-51H2,1-2H3,(H,70,75)/b7-5-,8-6+,13-11-,17-16-,20-19-,23-22-,26-25-,29-28-,32-31-,38-14+,46-44+. The molecular formula is C69H111NO18. The Morgan fingerprint density at radius 1 is 0.409 bits per heavy atom. The van der Waals surface area contributed by atoms with Crippen molar-refractivity contribution in [1.29, 1.82) is 0 Å². The highest BCUT2D eigenvalue weighted by atomic mass is 16.8. The zero-order valence-electron chi connectivity index (χ0n) is 52.4. The smallest absolute Gasteiger partial charge is 0.220 e. The van der Waals surface area contributed by atoms with E-state index in [2.05, 4.69) is 141 Å². The van der Waals surface area contributed by atoms with Gasteiger partial charge in [-0.1, -0.05) is 186 Å². The molecule has 19 nitrogen and oxygen atoms in total. The van der Waals surface area contributed by atoms with Crippen molar-refractivity contribution < 1.29 is 89.4 Å². The summed E-state index contributed by atoms with van der Waals surface area (Å²) in [6, 6.07) is -1.01. The van der Waals surface area contributed by atoms with Crippen molar-refractivity contribution in [1.82, 2.24) is 5.32 Å². The van der Waals surface area contributed by atoms with Gasteiger partial charge in [0.2, 0.25) is 5.91 Å². The van der Waals surface area contributed by atoms with Gasteiger partial charge in [-0.2, -0.15) is 0 Å². The van der Waals surface area contributed by atoms with Gasteiger partial charge in [-0.15, -0.1) is 0 Å². The van der Waals surface area contributed by atoms with Crippen LogP contribution in [0.3, 0.4) is 0 Å². The fraction of sp³-hybridized carbons (Fsp3) is 0.667. The SMILES string of the molecule is CC/C=C\C/C=C\C/C=C\C/C=C\C/C=C\C/C=C\C/C=C\C/C=C\CCCCCCCCCCC(=O)NC(COC1OC(CO)C(OC2OC(CO)C(OC3OC(CO)C(O)C(O)C3O)C(O)C2O)C(O)C1O)C(O)/C=C/CC/C=C/CC/C=C/CC. The predicted octanol–water partition coefficient (Wildman–Crippen LogP) is 7.43. The Morgan fingerprint density at radius 3 is 1.23 bits per heavy atom. The highest BCUT2D eigenvalue weighted by molar-refractivity contribution is 5.76. The average Bonchev–Trinajstić information content (AvgIpc) is 1.83. The molecule has 3 saturated heterocycles. The highest BCUT2D eigenvalue weighted by Gasteiger charge is 2.53. The summed E-state index contributed by atoms with van der Waals surface area (Å²) in [7, 11) is 0. The van der Waals surface area contributed by atoms with Crippen LogP contribution in [0.1, 0.15) is 162 Å². The Bertz CT molecular complexity index is 2120. The molecule has 3 aliphatic rings. The summed E-state index contributed by atoms with van der Waals surface area (Å²) in [5.41, 5.74) is 0. The van der Waals surface area contributed by atoms with Gasteiger partial charge in [-0.05, 0) is 103 Å². The molecule has 0 aromatic heterocycles. The second-order valence-electron chi connectivity index (χ2n) is 22.4. The number of allylic oxidation sites excluding steroid dienone is 21.